The van der Waals surface area contributed by atoms with Crippen molar-refractivity contribution in [1.82, 2.24) is 14.0 Å². The highest BCUT2D eigenvalue weighted by Gasteiger charge is 2.30. The van der Waals surface area contributed by atoms with Crippen LogP contribution >= 0.6 is 0 Å². The van der Waals surface area contributed by atoms with Gasteiger partial charge >= 0.3 is 6.18 Å². The van der Waals surface area contributed by atoms with E-state index in [1.165, 1.54) is 6.07 Å². The Balaban J connectivity index is 1.38. The molecule has 0 atom stereocenters. The van der Waals surface area contributed by atoms with Crippen molar-refractivity contribution in [2.75, 3.05) is 13.1 Å². The van der Waals surface area contributed by atoms with Crippen molar-refractivity contribution >= 4 is 10.9 Å². The monoisotopic (exact) mass is 481 g/mol. The molecule has 2 aromatic carbocycles. The number of rotatable bonds is 6. The zero-order chi connectivity index (χ0) is 24.6. The summed E-state index contributed by atoms with van der Waals surface area (Å²) in [7, 11) is 1.97. The molecule has 0 spiro atoms. The largest absolute Gasteiger partial charge is 0.489 e. The molecule has 0 unspecified atom stereocenters. The van der Waals surface area contributed by atoms with Crippen LogP contribution in [0.4, 0.5) is 13.2 Å². The van der Waals surface area contributed by atoms with Gasteiger partial charge in [0.15, 0.2) is 0 Å². The summed E-state index contributed by atoms with van der Waals surface area (Å²) in [6.45, 7) is 1.48. The van der Waals surface area contributed by atoms with Crippen LogP contribution < -0.4 is 10.3 Å². The van der Waals surface area contributed by atoms with Crippen molar-refractivity contribution in [3.63, 3.8) is 0 Å². The Hall–Kier alpha value is -3.52. The molecule has 5 nitrogen and oxygen atoms in total. The van der Waals surface area contributed by atoms with E-state index in [2.05, 4.69) is 4.57 Å². The standard InChI is InChI=1S/C27H26F3N3O2/c1-31-24-10-12-32(14-11-27(28,29)30)17-23(24)22-8-7-20(15-25(22)31)33-13-9-21(16-26(33)34)35-18-19-5-3-2-4-6-19/h2-9,13,15-16H,10-12,14,17-18H2,1H3. The smallest absolute Gasteiger partial charge is 0.390 e. The summed E-state index contributed by atoms with van der Waals surface area (Å²) in [5.74, 6) is 0.504. The summed E-state index contributed by atoms with van der Waals surface area (Å²) in [4.78, 5) is 14.7. The first-order chi connectivity index (χ1) is 16.8. The maximum Gasteiger partial charge on any atom is 0.390 e. The number of hydrogen-bond donors (Lipinski definition) is 0. The van der Waals surface area contributed by atoms with E-state index in [9.17, 15) is 18.0 Å². The molecule has 0 saturated heterocycles. The molecule has 0 radical (unpaired) electrons. The Kier molecular flexibility index (Phi) is 6.15. The highest BCUT2D eigenvalue weighted by Crippen LogP contribution is 2.32. The maximum atomic E-state index is 12.8. The summed E-state index contributed by atoms with van der Waals surface area (Å²) in [6.07, 6.45) is -2.55. The number of hydrogen-bond acceptors (Lipinski definition) is 3. The second-order valence-electron chi connectivity index (χ2n) is 8.92. The fourth-order valence-electron chi connectivity index (χ4n) is 4.75. The topological polar surface area (TPSA) is 39.4 Å². The minimum Gasteiger partial charge on any atom is -0.489 e. The van der Waals surface area contributed by atoms with Gasteiger partial charge in [-0.15, -0.1) is 0 Å². The third kappa shape index (κ3) is 4.98. The third-order valence-corrected chi connectivity index (χ3v) is 6.60. The van der Waals surface area contributed by atoms with Crippen molar-refractivity contribution in [1.29, 1.82) is 0 Å². The number of benzene rings is 2. The first kappa shape index (κ1) is 23.2. The van der Waals surface area contributed by atoms with Crippen LogP contribution in [0.15, 0.2) is 71.7 Å². The minimum atomic E-state index is -4.15. The van der Waals surface area contributed by atoms with Gasteiger partial charge in [0.1, 0.15) is 12.4 Å². The van der Waals surface area contributed by atoms with Crippen molar-refractivity contribution in [3.05, 3.63) is 94.0 Å². The van der Waals surface area contributed by atoms with E-state index in [-0.39, 0.29) is 12.1 Å². The maximum absolute atomic E-state index is 12.8. The molecule has 0 fully saturated rings. The quantitative estimate of drug-likeness (QED) is 0.379. The molecule has 0 aliphatic carbocycles. The van der Waals surface area contributed by atoms with Crippen molar-refractivity contribution in [3.8, 4) is 11.4 Å². The molecule has 35 heavy (non-hydrogen) atoms. The number of fused-ring (bicyclic) bond motifs is 3. The molecule has 5 rings (SSSR count). The number of pyridine rings is 1. The zero-order valence-electron chi connectivity index (χ0n) is 19.4. The fraction of sp³-hybridized carbons (Fsp3) is 0.296. The van der Waals surface area contributed by atoms with Crippen LogP contribution in [0, 0.1) is 0 Å². The summed E-state index contributed by atoms with van der Waals surface area (Å²) >= 11 is 0. The van der Waals surface area contributed by atoms with Gasteiger partial charge in [0, 0.05) is 56.4 Å². The van der Waals surface area contributed by atoms with Crippen molar-refractivity contribution < 1.29 is 17.9 Å². The fourth-order valence-corrected chi connectivity index (χ4v) is 4.75. The van der Waals surface area contributed by atoms with E-state index in [4.69, 9.17) is 4.74 Å². The zero-order valence-corrected chi connectivity index (χ0v) is 19.4. The predicted molar refractivity (Wildman–Crippen MR) is 129 cm³/mol. The lowest BCUT2D eigenvalue weighted by atomic mass is 10.0. The van der Waals surface area contributed by atoms with Gasteiger partial charge in [-0.3, -0.25) is 14.3 Å². The van der Waals surface area contributed by atoms with Gasteiger partial charge in [-0.05, 0) is 29.3 Å². The molecule has 8 heteroatoms. The second kappa shape index (κ2) is 9.26. The Morgan fingerprint density at radius 3 is 2.57 bits per heavy atom. The minimum absolute atomic E-state index is 0.00545. The highest BCUT2D eigenvalue weighted by molar-refractivity contribution is 5.87. The van der Waals surface area contributed by atoms with E-state index < -0.39 is 12.6 Å². The summed E-state index contributed by atoms with van der Waals surface area (Å²) in [5.41, 5.74) is 4.71. The second-order valence-corrected chi connectivity index (χ2v) is 8.92. The summed E-state index contributed by atoms with van der Waals surface area (Å²) in [5, 5.41) is 1.01. The molecule has 0 N–H and O–H groups in total. The predicted octanol–water partition coefficient (Wildman–Crippen LogP) is 5.22. The number of alkyl halides is 3. The molecular weight excluding hydrogens is 455 g/mol. The number of halogens is 3. The molecular formula is C27H26F3N3O2. The van der Waals surface area contributed by atoms with Crippen LogP contribution in [0.2, 0.25) is 0 Å². The van der Waals surface area contributed by atoms with E-state index in [1.54, 1.807) is 16.8 Å². The molecule has 2 aromatic heterocycles. The molecule has 1 aliphatic rings. The van der Waals surface area contributed by atoms with Crippen molar-refractivity contribution in [2.24, 2.45) is 7.05 Å². The highest BCUT2D eigenvalue weighted by atomic mass is 19.4. The van der Waals surface area contributed by atoms with Crippen LogP contribution in [0.1, 0.15) is 23.2 Å². The van der Waals surface area contributed by atoms with E-state index in [0.29, 0.717) is 31.9 Å². The third-order valence-electron chi connectivity index (χ3n) is 6.60. The number of aromatic nitrogens is 2. The Morgan fingerprint density at radius 2 is 1.83 bits per heavy atom. The van der Waals surface area contributed by atoms with Crippen molar-refractivity contribution in [2.45, 2.75) is 32.2 Å². The van der Waals surface area contributed by atoms with Gasteiger partial charge in [-0.1, -0.05) is 36.4 Å². The lowest BCUT2D eigenvalue weighted by Crippen LogP contribution is -2.33. The average Bonchev–Trinajstić information content (AvgIpc) is 3.12. The van der Waals surface area contributed by atoms with Crippen LogP contribution in [-0.2, 0) is 26.6 Å². The van der Waals surface area contributed by atoms with Gasteiger partial charge in [-0.25, -0.2) is 0 Å². The molecule has 1 aliphatic heterocycles. The average molecular weight is 482 g/mol. The van der Waals surface area contributed by atoms with Crippen LogP contribution in [0.25, 0.3) is 16.6 Å². The van der Waals surface area contributed by atoms with Gasteiger partial charge in [0.2, 0.25) is 0 Å². The molecule has 0 bridgehead atoms. The summed E-state index contributed by atoms with van der Waals surface area (Å²) < 4.78 is 47.5. The van der Waals surface area contributed by atoms with Crippen LogP contribution in [-0.4, -0.2) is 33.3 Å². The van der Waals surface area contributed by atoms with Gasteiger partial charge < -0.3 is 9.30 Å². The lowest BCUT2D eigenvalue weighted by Gasteiger charge is -2.28. The van der Waals surface area contributed by atoms with Gasteiger partial charge in [0.25, 0.3) is 5.56 Å². The lowest BCUT2D eigenvalue weighted by molar-refractivity contribution is -0.138. The molecule has 182 valence electrons. The first-order valence-corrected chi connectivity index (χ1v) is 11.6. The van der Waals surface area contributed by atoms with Crippen LogP contribution in [0.5, 0.6) is 5.75 Å². The van der Waals surface area contributed by atoms with Gasteiger partial charge in [0.05, 0.1) is 17.6 Å². The molecule has 4 aromatic rings. The molecule has 0 saturated carbocycles. The Bertz CT molecular complexity index is 1410. The molecule has 0 amide bonds. The Labute approximate surface area is 201 Å². The normalized spacial score (nSPS) is 14.3. The van der Waals surface area contributed by atoms with E-state index >= 15 is 0 Å². The summed E-state index contributed by atoms with van der Waals surface area (Å²) in [6, 6.07) is 18.8. The van der Waals surface area contributed by atoms with Gasteiger partial charge in [-0.2, -0.15) is 13.2 Å². The number of nitrogens with zero attached hydrogens (tertiary/aromatic N) is 3. The van der Waals surface area contributed by atoms with E-state index in [0.717, 1.165) is 33.4 Å². The molecule has 3 heterocycles. The number of aryl methyl sites for hydroxylation is 1. The first-order valence-electron chi connectivity index (χ1n) is 11.6. The van der Waals surface area contributed by atoms with Crippen LogP contribution in [0.3, 0.4) is 0 Å². The van der Waals surface area contributed by atoms with E-state index in [1.807, 2.05) is 60.5 Å². The number of ether oxygens (including phenoxy) is 1. The SMILES string of the molecule is Cn1c2c(c3ccc(-n4ccc(OCc5ccccc5)cc4=O)cc31)CN(CCC(F)(F)F)CC2. The Morgan fingerprint density at radius 1 is 1.03 bits per heavy atom.